The summed E-state index contributed by atoms with van der Waals surface area (Å²) in [7, 11) is 1.50. The summed E-state index contributed by atoms with van der Waals surface area (Å²) in [6.45, 7) is 2.38. The van der Waals surface area contributed by atoms with Gasteiger partial charge in [-0.2, -0.15) is 0 Å². The number of esters is 1. The average Bonchev–Trinajstić information content (AvgIpc) is 3.50. The van der Waals surface area contributed by atoms with E-state index in [1.807, 2.05) is 0 Å². The van der Waals surface area contributed by atoms with E-state index in [1.54, 1.807) is 44.9 Å². The van der Waals surface area contributed by atoms with Gasteiger partial charge in [-0.25, -0.2) is 0 Å². The van der Waals surface area contributed by atoms with Gasteiger partial charge in [0.1, 0.15) is 0 Å². The Kier molecular flexibility index (Phi) is 5.52. The summed E-state index contributed by atoms with van der Waals surface area (Å²) in [5, 5.41) is 0. The maximum Gasteiger partial charge on any atom is 0.305 e. The highest BCUT2D eigenvalue weighted by molar-refractivity contribution is 5.68. The molecule has 2 heteroatoms. The summed E-state index contributed by atoms with van der Waals surface area (Å²) in [4.78, 5) is 11.2. The van der Waals surface area contributed by atoms with Crippen molar-refractivity contribution in [2.75, 3.05) is 7.11 Å². The molecule has 8 unspecified atom stereocenters. The molecule has 0 saturated heterocycles. The molecule has 0 aromatic carbocycles. The second-order valence-electron chi connectivity index (χ2n) is 11.6. The van der Waals surface area contributed by atoms with Crippen molar-refractivity contribution in [3.8, 4) is 0 Å². The van der Waals surface area contributed by atoms with Crippen LogP contribution in [0.5, 0.6) is 0 Å². The van der Waals surface area contributed by atoms with Crippen LogP contribution in [0.15, 0.2) is 0 Å². The van der Waals surface area contributed by atoms with Gasteiger partial charge in [0, 0.05) is 6.42 Å². The Labute approximate surface area is 172 Å². The van der Waals surface area contributed by atoms with Crippen LogP contribution in [-0.4, -0.2) is 13.1 Å². The molecule has 0 radical (unpaired) electrons. The average molecular weight is 387 g/mol. The van der Waals surface area contributed by atoms with Crippen LogP contribution in [0.1, 0.15) is 90.4 Å². The highest BCUT2D eigenvalue weighted by Crippen LogP contribution is 2.61. The van der Waals surface area contributed by atoms with E-state index in [4.69, 9.17) is 4.74 Å². The molecule has 5 fully saturated rings. The molecule has 5 aliphatic carbocycles. The molecule has 0 amide bonds. The Bertz CT molecular complexity index is 571. The normalized spacial score (nSPS) is 47.5. The summed E-state index contributed by atoms with van der Waals surface area (Å²) in [6, 6.07) is 0. The third-order valence-corrected chi connectivity index (χ3v) is 9.48. The minimum absolute atomic E-state index is 0.0337. The number of carbonyl (C=O) groups is 1. The van der Waals surface area contributed by atoms with E-state index in [2.05, 4.69) is 6.92 Å². The van der Waals surface area contributed by atoms with Crippen LogP contribution in [0, 0.1) is 59.2 Å². The molecule has 0 aliphatic heterocycles. The molecular weight excluding hydrogens is 344 g/mol. The quantitative estimate of drug-likeness (QED) is 0.339. The molecule has 0 spiro atoms. The van der Waals surface area contributed by atoms with Gasteiger partial charge in [-0.05, 0) is 130 Å². The molecule has 0 heterocycles. The Hall–Kier alpha value is -0.530. The van der Waals surface area contributed by atoms with Crippen molar-refractivity contribution in [3.63, 3.8) is 0 Å². The Morgan fingerprint density at radius 2 is 1.07 bits per heavy atom. The van der Waals surface area contributed by atoms with Crippen LogP contribution < -0.4 is 0 Å². The predicted molar refractivity (Wildman–Crippen MR) is 113 cm³/mol. The van der Waals surface area contributed by atoms with Gasteiger partial charge in [0.25, 0.3) is 0 Å². The highest BCUT2D eigenvalue weighted by Gasteiger charge is 2.51. The van der Waals surface area contributed by atoms with Gasteiger partial charge in [0.05, 0.1) is 7.11 Å². The van der Waals surface area contributed by atoms with Gasteiger partial charge in [-0.1, -0.05) is 13.3 Å². The summed E-state index contributed by atoms with van der Waals surface area (Å²) in [5.74, 6) is 10.9. The van der Waals surface area contributed by atoms with Gasteiger partial charge < -0.3 is 4.74 Å². The number of methoxy groups -OCH3 is 1. The lowest BCUT2D eigenvalue weighted by molar-refractivity contribution is -0.140. The van der Waals surface area contributed by atoms with E-state index < -0.39 is 0 Å². The van der Waals surface area contributed by atoms with Crippen molar-refractivity contribution in [1.82, 2.24) is 0 Å². The van der Waals surface area contributed by atoms with Gasteiger partial charge in [-0.15, -0.1) is 0 Å². The van der Waals surface area contributed by atoms with Crippen molar-refractivity contribution in [3.05, 3.63) is 0 Å². The van der Waals surface area contributed by atoms with Crippen molar-refractivity contribution in [2.24, 2.45) is 59.2 Å². The van der Waals surface area contributed by atoms with Crippen LogP contribution in [0.2, 0.25) is 0 Å². The molecule has 0 aromatic heterocycles. The zero-order valence-electron chi connectivity index (χ0n) is 18.3. The molecule has 10 atom stereocenters. The summed E-state index contributed by atoms with van der Waals surface area (Å²) < 4.78 is 4.74. The first-order valence-corrected chi connectivity index (χ1v) is 12.7. The molecular formula is C26H42O2. The van der Waals surface area contributed by atoms with E-state index in [0.717, 1.165) is 65.6 Å². The van der Waals surface area contributed by atoms with Crippen molar-refractivity contribution in [1.29, 1.82) is 0 Å². The lowest BCUT2D eigenvalue weighted by Crippen LogP contribution is -1.99. The lowest BCUT2D eigenvalue weighted by Gasteiger charge is -2.02. The second-order valence-corrected chi connectivity index (χ2v) is 11.6. The number of rotatable bonds is 13. The third kappa shape index (κ3) is 4.96. The highest BCUT2D eigenvalue weighted by atomic mass is 16.5. The number of ether oxygens (including phenoxy) is 1. The fraction of sp³-hybridized carbons (Fsp3) is 0.962. The van der Waals surface area contributed by atoms with E-state index >= 15 is 0 Å². The Morgan fingerprint density at radius 1 is 0.679 bits per heavy atom. The van der Waals surface area contributed by atoms with E-state index in [0.29, 0.717) is 6.42 Å². The standard InChI is InChI=1S/C26H42O2/c1-3-16-7-18(16)9-20-11-22(20)13-24-15-25(24)14-23-12-21(23)10-19-8-17(19)5-4-6-26(27)28-2/h16-25H,3-15H2,1-2H3/t16?,17?,18-,19?,20-,21?,22?,23?,24?,25?/m1/s1. The van der Waals surface area contributed by atoms with Gasteiger partial charge in [0.2, 0.25) is 0 Å². The molecule has 158 valence electrons. The molecule has 0 N–H and O–H groups in total. The van der Waals surface area contributed by atoms with Crippen molar-refractivity contribution in [2.45, 2.75) is 90.4 Å². The van der Waals surface area contributed by atoms with Crippen LogP contribution in [0.3, 0.4) is 0 Å². The number of carbonyl (C=O) groups excluding carboxylic acids is 1. The van der Waals surface area contributed by atoms with E-state index in [9.17, 15) is 4.79 Å². The van der Waals surface area contributed by atoms with Crippen molar-refractivity contribution < 1.29 is 9.53 Å². The van der Waals surface area contributed by atoms with Crippen LogP contribution in [0.4, 0.5) is 0 Å². The maximum atomic E-state index is 11.2. The summed E-state index contributed by atoms with van der Waals surface area (Å²) >= 11 is 0. The zero-order valence-corrected chi connectivity index (χ0v) is 18.3. The minimum atomic E-state index is -0.0337. The fourth-order valence-electron chi connectivity index (χ4n) is 6.88. The number of hydrogen-bond donors (Lipinski definition) is 0. The molecule has 0 aromatic rings. The van der Waals surface area contributed by atoms with Gasteiger partial charge in [0.15, 0.2) is 0 Å². The van der Waals surface area contributed by atoms with Crippen LogP contribution in [0.25, 0.3) is 0 Å². The Morgan fingerprint density at radius 3 is 1.50 bits per heavy atom. The molecule has 28 heavy (non-hydrogen) atoms. The van der Waals surface area contributed by atoms with Crippen LogP contribution >= 0.6 is 0 Å². The third-order valence-electron chi connectivity index (χ3n) is 9.48. The van der Waals surface area contributed by atoms with Crippen LogP contribution in [-0.2, 0) is 9.53 Å². The first-order chi connectivity index (χ1) is 13.6. The molecule has 5 aliphatic rings. The monoisotopic (exact) mass is 386 g/mol. The first-order valence-electron chi connectivity index (χ1n) is 12.7. The fourth-order valence-corrected chi connectivity index (χ4v) is 6.88. The molecule has 2 nitrogen and oxygen atoms in total. The van der Waals surface area contributed by atoms with E-state index in [1.165, 1.54) is 32.8 Å². The largest absolute Gasteiger partial charge is 0.469 e. The summed E-state index contributed by atoms with van der Waals surface area (Å²) in [6.07, 6.45) is 18.3. The minimum Gasteiger partial charge on any atom is -0.469 e. The molecule has 5 saturated carbocycles. The van der Waals surface area contributed by atoms with E-state index in [-0.39, 0.29) is 5.97 Å². The molecule has 5 rings (SSSR count). The zero-order chi connectivity index (χ0) is 19.3. The first kappa shape index (κ1) is 19.4. The lowest BCUT2D eigenvalue weighted by atomic mass is 10.0. The topological polar surface area (TPSA) is 26.3 Å². The smallest absolute Gasteiger partial charge is 0.305 e. The van der Waals surface area contributed by atoms with Gasteiger partial charge >= 0.3 is 5.97 Å². The Balaban J connectivity index is 0.894. The maximum absolute atomic E-state index is 11.2. The summed E-state index contributed by atoms with van der Waals surface area (Å²) in [5.41, 5.74) is 0. The number of hydrogen-bond acceptors (Lipinski definition) is 2. The predicted octanol–water partition coefficient (Wildman–Crippen LogP) is 6.48. The second kappa shape index (κ2) is 7.95. The molecule has 0 bridgehead atoms. The SMILES string of the molecule is CCC1C[C@@H]1C[C@@H]1CC1CC1CC1CC1CC1CC1CC1CCCC(=O)OC. The van der Waals surface area contributed by atoms with Crippen molar-refractivity contribution >= 4 is 5.97 Å². The van der Waals surface area contributed by atoms with Gasteiger partial charge in [-0.3, -0.25) is 4.79 Å².